The molecule has 3 N–H and O–H groups in total. The van der Waals surface area contributed by atoms with Gasteiger partial charge in [-0.25, -0.2) is 5.10 Å². The van der Waals surface area contributed by atoms with E-state index in [1.807, 2.05) is 42.2 Å². The molecular formula is C31H42N10O4. The largest absolute Gasteiger partial charge is 0.376 e. The number of tetrazole rings is 1. The Kier molecular flexibility index (Phi) is 9.10. The molecule has 3 aliphatic rings. The predicted octanol–water partition coefficient (Wildman–Crippen LogP) is 1.24. The van der Waals surface area contributed by atoms with Crippen LogP contribution in [-0.4, -0.2) is 105 Å². The second kappa shape index (κ2) is 13.3. The molecule has 1 spiro atoms. The molecule has 3 amide bonds. The van der Waals surface area contributed by atoms with Gasteiger partial charge in [-0.3, -0.25) is 19.1 Å². The molecule has 2 aromatic heterocycles. The maximum atomic E-state index is 14.0. The number of ether oxygens (including phenoxy) is 1. The van der Waals surface area contributed by atoms with Gasteiger partial charge in [0.15, 0.2) is 0 Å². The Balaban J connectivity index is 1.16. The van der Waals surface area contributed by atoms with Crippen molar-refractivity contribution in [3.8, 4) is 0 Å². The maximum Gasteiger partial charge on any atom is 0.257 e. The summed E-state index contributed by atoms with van der Waals surface area (Å²) in [6.07, 6.45) is 8.71. The van der Waals surface area contributed by atoms with Gasteiger partial charge in [0.1, 0.15) is 6.04 Å². The van der Waals surface area contributed by atoms with Crippen LogP contribution < -0.4 is 15.5 Å². The quantitative estimate of drug-likeness (QED) is 0.287. The summed E-state index contributed by atoms with van der Waals surface area (Å²) >= 11 is 0. The molecule has 3 aromatic rings. The summed E-state index contributed by atoms with van der Waals surface area (Å²) < 4.78 is 7.91. The molecule has 1 saturated carbocycles. The van der Waals surface area contributed by atoms with Crippen molar-refractivity contribution in [1.29, 1.82) is 0 Å². The number of rotatable bonds is 11. The summed E-state index contributed by atoms with van der Waals surface area (Å²) in [5.41, 5.74) is 1.01. The van der Waals surface area contributed by atoms with E-state index in [4.69, 9.17) is 4.74 Å². The molecule has 0 radical (unpaired) electrons. The van der Waals surface area contributed by atoms with Crippen LogP contribution in [0.5, 0.6) is 0 Å². The molecule has 1 aliphatic carbocycles. The molecule has 2 aliphatic heterocycles. The summed E-state index contributed by atoms with van der Waals surface area (Å²) in [6, 6.07) is 9.05. The first-order valence-electron chi connectivity index (χ1n) is 15.8. The SMILES string of the molecule is CNC(=O)C(NC(=O)[C@@H]1CN(C(=O)c2cnn(Cc3ccccc3)c2)CC12CN(c1nnn[nH]1)C2)[C@@H](C)OCC1CCCCC1. The summed E-state index contributed by atoms with van der Waals surface area (Å²) in [5.74, 6) is -0.333. The van der Waals surface area contributed by atoms with Gasteiger partial charge in [0.2, 0.25) is 17.8 Å². The minimum atomic E-state index is -0.862. The van der Waals surface area contributed by atoms with Crippen molar-refractivity contribution in [2.24, 2.45) is 17.3 Å². The third-order valence-corrected chi connectivity index (χ3v) is 9.58. The monoisotopic (exact) mass is 618 g/mol. The number of aromatic amines is 1. The number of benzene rings is 1. The number of hydrogen-bond donors (Lipinski definition) is 3. The molecule has 3 atom stereocenters. The number of H-pyrrole nitrogens is 1. The minimum Gasteiger partial charge on any atom is -0.376 e. The van der Waals surface area contributed by atoms with Crippen LogP contribution in [0, 0.1) is 17.3 Å². The number of nitrogens with one attached hydrogen (secondary N) is 3. The van der Waals surface area contributed by atoms with Crippen LogP contribution in [0.4, 0.5) is 5.95 Å². The first-order chi connectivity index (χ1) is 21.8. The smallest absolute Gasteiger partial charge is 0.257 e. The van der Waals surface area contributed by atoms with Gasteiger partial charge in [0.05, 0.1) is 30.3 Å². The van der Waals surface area contributed by atoms with Gasteiger partial charge in [0.25, 0.3) is 5.91 Å². The lowest BCUT2D eigenvalue weighted by Gasteiger charge is -2.50. The summed E-state index contributed by atoms with van der Waals surface area (Å²) in [6.45, 7) is 4.51. The van der Waals surface area contributed by atoms with E-state index in [1.165, 1.54) is 19.3 Å². The van der Waals surface area contributed by atoms with Crippen molar-refractivity contribution in [2.75, 3.05) is 44.7 Å². The summed E-state index contributed by atoms with van der Waals surface area (Å²) in [5, 5.41) is 24.2. The molecule has 1 unspecified atom stereocenters. The van der Waals surface area contributed by atoms with E-state index in [9.17, 15) is 14.4 Å². The molecule has 0 bridgehead atoms. The number of likely N-dealkylation sites (tertiary alicyclic amines) is 1. The Morgan fingerprint density at radius 3 is 2.60 bits per heavy atom. The summed E-state index contributed by atoms with van der Waals surface area (Å²) in [7, 11) is 1.56. The zero-order valence-corrected chi connectivity index (χ0v) is 25.9. The van der Waals surface area contributed by atoms with E-state index in [2.05, 4.69) is 36.4 Å². The van der Waals surface area contributed by atoms with Gasteiger partial charge in [-0.1, -0.05) is 54.7 Å². The van der Waals surface area contributed by atoms with Crippen molar-refractivity contribution >= 4 is 23.7 Å². The van der Waals surface area contributed by atoms with Crippen LogP contribution in [0.3, 0.4) is 0 Å². The number of nitrogens with zero attached hydrogens (tertiary/aromatic N) is 7. The number of amides is 3. The minimum absolute atomic E-state index is 0.184. The van der Waals surface area contributed by atoms with Crippen molar-refractivity contribution in [2.45, 2.75) is 57.7 Å². The van der Waals surface area contributed by atoms with Gasteiger partial charge in [-0.15, -0.1) is 0 Å². The fraction of sp³-hybridized carbons (Fsp3) is 0.581. The Morgan fingerprint density at radius 1 is 1.11 bits per heavy atom. The highest BCUT2D eigenvalue weighted by molar-refractivity contribution is 5.95. The number of aromatic nitrogens is 6. The molecule has 240 valence electrons. The van der Waals surface area contributed by atoms with E-state index in [0.717, 1.165) is 18.4 Å². The van der Waals surface area contributed by atoms with E-state index in [1.54, 1.807) is 29.0 Å². The average Bonchev–Trinajstić information content (AvgIpc) is 3.82. The lowest BCUT2D eigenvalue weighted by molar-refractivity contribution is -0.136. The Bertz CT molecular complexity index is 1450. The van der Waals surface area contributed by atoms with Crippen LogP contribution in [0.1, 0.15) is 54.9 Å². The van der Waals surface area contributed by atoms with Crippen molar-refractivity contribution in [3.63, 3.8) is 0 Å². The van der Waals surface area contributed by atoms with E-state index in [-0.39, 0.29) is 24.3 Å². The van der Waals surface area contributed by atoms with Crippen LogP contribution in [0.15, 0.2) is 42.7 Å². The van der Waals surface area contributed by atoms with Crippen LogP contribution >= 0.6 is 0 Å². The van der Waals surface area contributed by atoms with Crippen LogP contribution in [0.25, 0.3) is 0 Å². The molecule has 3 fully saturated rings. The number of hydrogen-bond acceptors (Lipinski definition) is 9. The van der Waals surface area contributed by atoms with Crippen LogP contribution in [0.2, 0.25) is 0 Å². The highest BCUT2D eigenvalue weighted by atomic mass is 16.5. The van der Waals surface area contributed by atoms with Crippen molar-refractivity contribution < 1.29 is 19.1 Å². The van der Waals surface area contributed by atoms with E-state index in [0.29, 0.717) is 50.2 Å². The first kappa shape index (κ1) is 30.7. The van der Waals surface area contributed by atoms with Gasteiger partial charge < -0.3 is 25.2 Å². The Hall–Kier alpha value is -4.33. The Labute approximate surface area is 262 Å². The Morgan fingerprint density at radius 2 is 1.89 bits per heavy atom. The predicted molar refractivity (Wildman–Crippen MR) is 164 cm³/mol. The number of carbonyl (C=O) groups is 3. The third-order valence-electron chi connectivity index (χ3n) is 9.58. The first-order valence-corrected chi connectivity index (χ1v) is 15.8. The normalized spacial score (nSPS) is 20.9. The van der Waals surface area contributed by atoms with Gasteiger partial charge >= 0.3 is 0 Å². The molecule has 14 heteroatoms. The van der Waals surface area contributed by atoms with E-state index < -0.39 is 23.5 Å². The maximum absolute atomic E-state index is 14.0. The highest BCUT2D eigenvalue weighted by Gasteiger charge is 2.59. The lowest BCUT2D eigenvalue weighted by Crippen LogP contribution is -2.64. The molecule has 45 heavy (non-hydrogen) atoms. The number of anilines is 1. The second-order valence-corrected chi connectivity index (χ2v) is 12.7. The molecule has 2 saturated heterocycles. The standard InChI is InChI=1S/C31H42N10O4/c1-21(45-17-23-11-7-4-8-12-23)26(28(43)32-2)34-27(42)25-16-39(18-31(25)19-40(20-31)30-35-37-38-36-30)29(44)24-13-33-41(15-24)14-22-9-5-3-6-10-22/h3,5-6,9-10,13,15,21,23,25-26H,4,7-8,11-12,14,16-20H2,1-2H3,(H,32,43)(H,34,42)(H,35,36,37,38)/t21-,25+,26?/m1/s1. The second-order valence-electron chi connectivity index (χ2n) is 12.7. The topological polar surface area (TPSA) is 163 Å². The molecule has 6 rings (SSSR count). The van der Waals surface area contributed by atoms with E-state index >= 15 is 0 Å². The van der Waals surface area contributed by atoms with Crippen molar-refractivity contribution in [1.82, 2.24) is 45.9 Å². The average molecular weight is 619 g/mol. The van der Waals surface area contributed by atoms with Crippen LogP contribution in [-0.2, 0) is 20.9 Å². The highest BCUT2D eigenvalue weighted by Crippen LogP contribution is 2.45. The van der Waals surface area contributed by atoms with Gasteiger partial charge in [0, 0.05) is 51.4 Å². The zero-order chi connectivity index (χ0) is 31.4. The lowest BCUT2D eigenvalue weighted by atomic mass is 9.71. The summed E-state index contributed by atoms with van der Waals surface area (Å²) in [4.78, 5) is 44.4. The fourth-order valence-electron chi connectivity index (χ4n) is 7.01. The van der Waals surface area contributed by atoms with Crippen molar-refractivity contribution in [3.05, 3.63) is 53.9 Å². The number of carbonyl (C=O) groups excluding carboxylic acids is 3. The number of likely N-dealkylation sites (N-methyl/N-ethyl adjacent to an activating group) is 1. The molecule has 14 nitrogen and oxygen atoms in total. The van der Waals surface area contributed by atoms with Gasteiger partial charge in [-0.2, -0.15) is 5.10 Å². The zero-order valence-electron chi connectivity index (χ0n) is 25.9. The fourth-order valence-corrected chi connectivity index (χ4v) is 7.01. The molecule has 1 aromatic carbocycles. The molecular weight excluding hydrogens is 576 g/mol. The third kappa shape index (κ3) is 6.70. The van der Waals surface area contributed by atoms with Gasteiger partial charge in [-0.05, 0) is 41.7 Å². The molecule has 4 heterocycles.